The van der Waals surface area contributed by atoms with E-state index in [-0.39, 0.29) is 11.5 Å². The van der Waals surface area contributed by atoms with E-state index in [1.807, 2.05) is 6.92 Å². The Labute approximate surface area is 109 Å². The molecule has 0 spiro atoms. The number of hydrogen-bond acceptors (Lipinski definition) is 4. The van der Waals surface area contributed by atoms with E-state index in [0.29, 0.717) is 19.8 Å². The summed E-state index contributed by atoms with van der Waals surface area (Å²) in [6.45, 7) is 4.70. The van der Waals surface area contributed by atoms with Gasteiger partial charge in [-0.1, -0.05) is 0 Å². The Hall–Kier alpha value is -0.650. The summed E-state index contributed by atoms with van der Waals surface area (Å²) < 4.78 is 10.9. The molecule has 2 aliphatic heterocycles. The first-order valence-corrected chi connectivity index (χ1v) is 6.77. The van der Waals surface area contributed by atoms with Crippen molar-refractivity contribution in [3.05, 3.63) is 0 Å². The molecule has 2 saturated heterocycles. The molecule has 0 saturated carbocycles. The number of piperidine rings is 1. The van der Waals surface area contributed by atoms with Crippen LogP contribution in [-0.2, 0) is 14.3 Å². The van der Waals surface area contributed by atoms with Crippen molar-refractivity contribution in [2.45, 2.75) is 43.7 Å². The molecule has 5 heteroatoms. The number of methoxy groups -OCH3 is 1. The van der Waals surface area contributed by atoms with Crippen molar-refractivity contribution in [2.24, 2.45) is 0 Å². The lowest BCUT2D eigenvalue weighted by Gasteiger charge is -2.35. The van der Waals surface area contributed by atoms with Crippen LogP contribution in [0.5, 0.6) is 0 Å². The molecule has 0 aromatic rings. The molecule has 0 aromatic heterocycles. The monoisotopic (exact) mass is 256 g/mol. The topological polar surface area (TPSA) is 59.6 Å². The zero-order valence-corrected chi connectivity index (χ0v) is 11.4. The first kappa shape index (κ1) is 13.8. The molecule has 0 aliphatic carbocycles. The third-order valence-corrected chi connectivity index (χ3v) is 4.19. The van der Waals surface area contributed by atoms with Crippen LogP contribution in [0.3, 0.4) is 0 Å². The zero-order valence-electron chi connectivity index (χ0n) is 11.4. The molecular formula is C13H24N2O3. The lowest BCUT2D eigenvalue weighted by Crippen LogP contribution is -2.59. The predicted octanol–water partition coefficient (Wildman–Crippen LogP) is 0.440. The van der Waals surface area contributed by atoms with Crippen LogP contribution in [0.1, 0.15) is 32.6 Å². The highest BCUT2D eigenvalue weighted by Gasteiger charge is 2.39. The lowest BCUT2D eigenvalue weighted by molar-refractivity contribution is -0.129. The Bertz CT molecular complexity index is 295. The van der Waals surface area contributed by atoms with Gasteiger partial charge in [0.1, 0.15) is 5.60 Å². The van der Waals surface area contributed by atoms with Crippen LogP contribution in [0.15, 0.2) is 0 Å². The van der Waals surface area contributed by atoms with Crippen molar-refractivity contribution in [3.8, 4) is 0 Å². The number of rotatable bonds is 4. The van der Waals surface area contributed by atoms with Crippen molar-refractivity contribution in [1.82, 2.24) is 10.6 Å². The second-order valence-corrected chi connectivity index (χ2v) is 5.59. The molecule has 1 amide bonds. The molecular weight excluding hydrogens is 232 g/mol. The molecule has 0 aromatic carbocycles. The van der Waals surface area contributed by atoms with Crippen molar-refractivity contribution < 1.29 is 14.3 Å². The van der Waals surface area contributed by atoms with E-state index in [4.69, 9.17) is 9.47 Å². The summed E-state index contributed by atoms with van der Waals surface area (Å²) in [5.74, 6) is 0.0746. The molecule has 2 N–H and O–H groups in total. The van der Waals surface area contributed by atoms with Crippen LogP contribution >= 0.6 is 0 Å². The fourth-order valence-electron chi connectivity index (χ4n) is 2.65. The van der Waals surface area contributed by atoms with Crippen LogP contribution < -0.4 is 10.6 Å². The number of amides is 1. The van der Waals surface area contributed by atoms with E-state index in [1.165, 1.54) is 0 Å². The minimum atomic E-state index is -0.424. The van der Waals surface area contributed by atoms with Gasteiger partial charge in [-0.3, -0.25) is 4.79 Å². The first-order chi connectivity index (χ1) is 8.60. The average Bonchev–Trinajstić information content (AvgIpc) is 2.86. The quantitative estimate of drug-likeness (QED) is 0.766. The standard InChI is InChI=1S/C13H24N2O3/c1-12(5-3-4-7-15-12)11(16)14-9-13(17-2)6-8-18-10-13/h15H,3-10H2,1-2H3,(H,14,16). The molecule has 2 rings (SSSR count). The second-order valence-electron chi connectivity index (χ2n) is 5.59. The molecule has 104 valence electrons. The molecule has 5 nitrogen and oxygen atoms in total. The summed E-state index contributed by atoms with van der Waals surface area (Å²) in [5.41, 5.74) is -0.757. The summed E-state index contributed by atoms with van der Waals surface area (Å²) >= 11 is 0. The second kappa shape index (κ2) is 5.55. The van der Waals surface area contributed by atoms with Crippen molar-refractivity contribution in [1.29, 1.82) is 0 Å². The highest BCUT2D eigenvalue weighted by Crippen LogP contribution is 2.23. The van der Waals surface area contributed by atoms with Crippen molar-refractivity contribution in [3.63, 3.8) is 0 Å². The van der Waals surface area contributed by atoms with Gasteiger partial charge >= 0.3 is 0 Å². The Morgan fingerprint density at radius 1 is 1.44 bits per heavy atom. The number of nitrogens with one attached hydrogen (secondary N) is 2. The van der Waals surface area contributed by atoms with Crippen molar-refractivity contribution >= 4 is 5.91 Å². The van der Waals surface area contributed by atoms with Gasteiger partial charge in [0.15, 0.2) is 0 Å². The molecule has 0 radical (unpaired) electrons. The largest absolute Gasteiger partial charge is 0.378 e. The number of hydrogen-bond donors (Lipinski definition) is 2. The maximum atomic E-state index is 12.3. The molecule has 2 aliphatic rings. The number of carbonyl (C=O) groups excluding carboxylic acids is 1. The Kier molecular flexibility index (Phi) is 4.25. The van der Waals surface area contributed by atoms with Crippen molar-refractivity contribution in [2.75, 3.05) is 33.4 Å². The van der Waals surface area contributed by atoms with E-state index in [2.05, 4.69) is 10.6 Å². The molecule has 2 fully saturated rings. The van der Waals surface area contributed by atoms with Crippen LogP contribution in [-0.4, -0.2) is 50.5 Å². The van der Waals surface area contributed by atoms with E-state index >= 15 is 0 Å². The number of ether oxygens (including phenoxy) is 2. The summed E-state index contributed by atoms with van der Waals surface area (Å²) in [6.07, 6.45) is 4.00. The highest BCUT2D eigenvalue weighted by molar-refractivity contribution is 5.86. The first-order valence-electron chi connectivity index (χ1n) is 6.77. The summed E-state index contributed by atoms with van der Waals surface area (Å²) in [7, 11) is 1.68. The molecule has 18 heavy (non-hydrogen) atoms. The minimum absolute atomic E-state index is 0.0746. The zero-order chi connectivity index (χ0) is 13.1. The van der Waals surface area contributed by atoms with Gasteiger partial charge in [0.25, 0.3) is 0 Å². The Morgan fingerprint density at radius 2 is 2.28 bits per heavy atom. The normalized spacial score (nSPS) is 36.6. The van der Waals surface area contributed by atoms with Gasteiger partial charge in [0, 0.05) is 26.7 Å². The van der Waals surface area contributed by atoms with E-state index in [0.717, 1.165) is 32.2 Å². The van der Waals surface area contributed by atoms with Gasteiger partial charge in [0.2, 0.25) is 5.91 Å². The predicted molar refractivity (Wildman–Crippen MR) is 68.4 cm³/mol. The van der Waals surface area contributed by atoms with Gasteiger partial charge in [-0.05, 0) is 32.7 Å². The highest BCUT2D eigenvalue weighted by atomic mass is 16.5. The summed E-state index contributed by atoms with van der Waals surface area (Å²) in [5, 5.41) is 6.34. The van der Waals surface area contributed by atoms with E-state index in [9.17, 15) is 4.79 Å². The van der Waals surface area contributed by atoms with Crippen LogP contribution in [0.2, 0.25) is 0 Å². The van der Waals surface area contributed by atoms with Gasteiger partial charge < -0.3 is 20.1 Å². The third-order valence-electron chi connectivity index (χ3n) is 4.19. The van der Waals surface area contributed by atoms with Crippen LogP contribution in [0.4, 0.5) is 0 Å². The summed E-state index contributed by atoms with van der Waals surface area (Å²) in [4.78, 5) is 12.3. The molecule has 2 unspecified atom stereocenters. The summed E-state index contributed by atoms with van der Waals surface area (Å²) in [6, 6.07) is 0. The smallest absolute Gasteiger partial charge is 0.240 e. The Balaban J connectivity index is 1.87. The minimum Gasteiger partial charge on any atom is -0.378 e. The fourth-order valence-corrected chi connectivity index (χ4v) is 2.65. The van der Waals surface area contributed by atoms with E-state index < -0.39 is 5.54 Å². The third kappa shape index (κ3) is 2.84. The van der Waals surface area contributed by atoms with Gasteiger partial charge in [-0.25, -0.2) is 0 Å². The van der Waals surface area contributed by atoms with Crippen LogP contribution in [0.25, 0.3) is 0 Å². The molecule has 0 bridgehead atoms. The maximum Gasteiger partial charge on any atom is 0.240 e. The van der Waals surface area contributed by atoms with Crippen LogP contribution in [0, 0.1) is 0 Å². The average molecular weight is 256 g/mol. The van der Waals surface area contributed by atoms with E-state index in [1.54, 1.807) is 7.11 Å². The Morgan fingerprint density at radius 3 is 2.83 bits per heavy atom. The fraction of sp³-hybridized carbons (Fsp3) is 0.923. The van der Waals surface area contributed by atoms with Gasteiger partial charge in [0.05, 0.1) is 12.1 Å². The van der Waals surface area contributed by atoms with Gasteiger partial charge in [-0.15, -0.1) is 0 Å². The lowest BCUT2D eigenvalue weighted by atomic mass is 9.89. The SMILES string of the molecule is COC1(CNC(=O)C2(C)CCCCN2)CCOC1. The number of carbonyl (C=O) groups is 1. The maximum absolute atomic E-state index is 12.3. The molecule has 2 heterocycles. The van der Waals surface area contributed by atoms with Gasteiger partial charge in [-0.2, -0.15) is 0 Å². The molecule has 2 atom stereocenters.